The van der Waals surface area contributed by atoms with Crippen molar-refractivity contribution < 1.29 is 14.6 Å². The molecule has 1 aromatic carbocycles. The van der Waals surface area contributed by atoms with Crippen molar-refractivity contribution in [1.29, 1.82) is 0 Å². The fourth-order valence-electron chi connectivity index (χ4n) is 5.87. The van der Waals surface area contributed by atoms with E-state index in [1.165, 1.54) is 0 Å². The smallest absolute Gasteiger partial charge is 0.257 e. The molecule has 1 N–H and O–H groups in total. The molecular formula is C28H37ClN4O3. The number of carbonyl (C=O) groups excluding carboxylic acids is 1. The van der Waals surface area contributed by atoms with Gasteiger partial charge in [0.25, 0.3) is 5.91 Å². The molecule has 36 heavy (non-hydrogen) atoms. The van der Waals surface area contributed by atoms with E-state index in [-0.39, 0.29) is 24.2 Å². The van der Waals surface area contributed by atoms with Crippen LogP contribution in [0, 0.1) is 0 Å². The van der Waals surface area contributed by atoms with E-state index in [1.807, 2.05) is 41.3 Å². The molecule has 194 valence electrons. The Morgan fingerprint density at radius 1 is 1.00 bits per heavy atom. The predicted molar refractivity (Wildman–Crippen MR) is 143 cm³/mol. The first-order valence-corrected chi connectivity index (χ1v) is 13.6. The van der Waals surface area contributed by atoms with Gasteiger partial charge in [0.1, 0.15) is 5.82 Å². The van der Waals surface area contributed by atoms with Crippen molar-refractivity contribution in [3.05, 3.63) is 47.0 Å². The number of nitrogens with zero attached hydrogens (tertiary/aromatic N) is 4. The topological polar surface area (TPSA) is 69.1 Å². The van der Waals surface area contributed by atoms with Crippen molar-refractivity contribution in [2.45, 2.75) is 63.9 Å². The number of benzene rings is 1. The molecule has 1 amide bonds. The average molecular weight is 513 g/mol. The first-order chi connectivity index (χ1) is 17.4. The van der Waals surface area contributed by atoms with Crippen molar-refractivity contribution in [2.75, 3.05) is 44.2 Å². The van der Waals surface area contributed by atoms with Gasteiger partial charge in [-0.2, -0.15) is 0 Å². The van der Waals surface area contributed by atoms with Gasteiger partial charge in [0, 0.05) is 55.9 Å². The van der Waals surface area contributed by atoms with Crippen LogP contribution in [-0.2, 0) is 4.74 Å². The van der Waals surface area contributed by atoms with Crippen LogP contribution in [0.5, 0.6) is 0 Å². The van der Waals surface area contributed by atoms with Gasteiger partial charge in [-0.25, -0.2) is 4.98 Å². The summed E-state index contributed by atoms with van der Waals surface area (Å²) in [5.41, 5.74) is 2.40. The lowest BCUT2D eigenvalue weighted by Crippen LogP contribution is -2.50. The zero-order valence-electron chi connectivity index (χ0n) is 21.3. The largest absolute Gasteiger partial charge is 0.393 e. The number of amides is 1. The zero-order valence-corrected chi connectivity index (χ0v) is 22.0. The summed E-state index contributed by atoms with van der Waals surface area (Å²) < 4.78 is 5.96. The van der Waals surface area contributed by atoms with Crippen LogP contribution >= 0.6 is 11.6 Å². The van der Waals surface area contributed by atoms with Gasteiger partial charge < -0.3 is 24.5 Å². The Kier molecular flexibility index (Phi) is 7.82. The maximum Gasteiger partial charge on any atom is 0.257 e. The number of halogens is 1. The van der Waals surface area contributed by atoms with Crippen LogP contribution in [0.25, 0.3) is 11.3 Å². The maximum absolute atomic E-state index is 13.8. The molecule has 3 aliphatic heterocycles. The Hall–Kier alpha value is -2.19. The molecule has 3 fully saturated rings. The van der Waals surface area contributed by atoms with Gasteiger partial charge in [0.15, 0.2) is 0 Å². The minimum Gasteiger partial charge on any atom is -0.393 e. The molecule has 3 aliphatic rings. The van der Waals surface area contributed by atoms with Crippen LogP contribution in [0.2, 0.25) is 5.02 Å². The summed E-state index contributed by atoms with van der Waals surface area (Å²) >= 11 is 6.25. The summed E-state index contributed by atoms with van der Waals surface area (Å²) in [4.78, 5) is 25.5. The standard InChI is InChI=1S/C28H37ClN4O3/c1-19-17-33(18-20(2)36-19)27-25(6-7-26(30-27)21-4-3-5-22(29)16-21)28(35)32-12-8-23(9-13-32)31-14-10-24(34)11-15-31/h3-7,16,19-20,23-24,34H,8-15,17-18H2,1-2H3/t19-,20+. The van der Waals surface area contributed by atoms with Gasteiger partial charge in [-0.05, 0) is 63.8 Å². The third kappa shape index (κ3) is 5.70. The lowest BCUT2D eigenvalue weighted by Gasteiger charge is -2.41. The van der Waals surface area contributed by atoms with Gasteiger partial charge in [-0.15, -0.1) is 0 Å². The zero-order chi connectivity index (χ0) is 25.2. The number of aliphatic hydroxyl groups excluding tert-OH is 1. The number of piperidine rings is 2. The number of ether oxygens (including phenoxy) is 1. The first-order valence-electron chi connectivity index (χ1n) is 13.3. The molecule has 1 aromatic heterocycles. The lowest BCUT2D eigenvalue weighted by molar-refractivity contribution is -0.00556. The second-order valence-electron chi connectivity index (χ2n) is 10.5. The highest BCUT2D eigenvalue weighted by atomic mass is 35.5. The molecule has 5 rings (SSSR count). The van der Waals surface area contributed by atoms with E-state index in [9.17, 15) is 9.90 Å². The van der Waals surface area contributed by atoms with E-state index in [0.29, 0.717) is 29.7 Å². The number of carbonyl (C=O) groups is 1. The quantitative estimate of drug-likeness (QED) is 0.666. The molecule has 0 unspecified atom stereocenters. The molecule has 2 aromatic rings. The first kappa shape index (κ1) is 25.5. The summed E-state index contributed by atoms with van der Waals surface area (Å²) in [7, 11) is 0. The summed E-state index contributed by atoms with van der Waals surface area (Å²) in [6.45, 7) is 8.91. The van der Waals surface area contributed by atoms with E-state index < -0.39 is 0 Å². The number of aromatic nitrogens is 1. The molecular weight excluding hydrogens is 476 g/mol. The molecule has 0 aliphatic carbocycles. The van der Waals surface area contributed by atoms with Crippen molar-refractivity contribution in [3.8, 4) is 11.3 Å². The van der Waals surface area contributed by atoms with Crippen LogP contribution < -0.4 is 4.90 Å². The van der Waals surface area contributed by atoms with Crippen molar-refractivity contribution >= 4 is 23.3 Å². The molecule has 3 saturated heterocycles. The highest BCUT2D eigenvalue weighted by Gasteiger charge is 2.32. The Morgan fingerprint density at radius 2 is 1.69 bits per heavy atom. The summed E-state index contributed by atoms with van der Waals surface area (Å²) in [5, 5.41) is 10.5. The van der Waals surface area contributed by atoms with E-state index in [1.54, 1.807) is 0 Å². The van der Waals surface area contributed by atoms with Crippen LogP contribution in [-0.4, -0.2) is 89.4 Å². The minimum absolute atomic E-state index is 0.0504. The molecule has 0 bridgehead atoms. The van der Waals surface area contributed by atoms with E-state index in [0.717, 1.165) is 68.9 Å². The highest BCUT2D eigenvalue weighted by molar-refractivity contribution is 6.30. The Balaban J connectivity index is 1.37. The predicted octanol–water partition coefficient (Wildman–Crippen LogP) is 4.08. The van der Waals surface area contributed by atoms with E-state index in [4.69, 9.17) is 21.3 Å². The summed E-state index contributed by atoms with van der Waals surface area (Å²) in [5.74, 6) is 0.779. The minimum atomic E-state index is -0.158. The van der Waals surface area contributed by atoms with Crippen molar-refractivity contribution in [2.24, 2.45) is 0 Å². The van der Waals surface area contributed by atoms with Gasteiger partial charge >= 0.3 is 0 Å². The lowest BCUT2D eigenvalue weighted by atomic mass is 9.98. The summed E-state index contributed by atoms with van der Waals surface area (Å²) in [6.07, 6.45) is 3.61. The Labute approximate surface area is 219 Å². The molecule has 0 spiro atoms. The van der Waals surface area contributed by atoms with Crippen LogP contribution in [0.3, 0.4) is 0 Å². The monoisotopic (exact) mass is 512 g/mol. The molecule has 4 heterocycles. The summed E-state index contributed by atoms with van der Waals surface area (Å²) in [6, 6.07) is 12.0. The number of hydrogen-bond acceptors (Lipinski definition) is 6. The van der Waals surface area contributed by atoms with E-state index >= 15 is 0 Å². The number of anilines is 1. The number of aliphatic hydroxyl groups is 1. The van der Waals surface area contributed by atoms with Crippen molar-refractivity contribution in [1.82, 2.24) is 14.8 Å². The van der Waals surface area contributed by atoms with Crippen LogP contribution in [0.15, 0.2) is 36.4 Å². The highest BCUT2D eigenvalue weighted by Crippen LogP contribution is 2.30. The van der Waals surface area contributed by atoms with Gasteiger partial charge in [0.05, 0.1) is 29.6 Å². The number of pyridine rings is 1. The number of morpholine rings is 1. The fraction of sp³-hybridized carbons (Fsp3) is 0.571. The normalized spacial score (nSPS) is 24.8. The second kappa shape index (κ2) is 11.1. The third-order valence-corrected chi connectivity index (χ3v) is 7.95. The number of rotatable bonds is 4. The molecule has 0 radical (unpaired) electrons. The van der Waals surface area contributed by atoms with Crippen molar-refractivity contribution in [3.63, 3.8) is 0 Å². The second-order valence-corrected chi connectivity index (χ2v) is 11.0. The molecule has 8 heteroatoms. The average Bonchev–Trinajstić information content (AvgIpc) is 2.88. The third-order valence-electron chi connectivity index (χ3n) is 7.71. The SMILES string of the molecule is C[C@@H]1CN(c2nc(-c3cccc(Cl)c3)ccc2C(=O)N2CCC(N3CCC(O)CC3)CC2)C[C@H](C)O1. The molecule has 7 nitrogen and oxygen atoms in total. The van der Waals surface area contributed by atoms with Crippen LogP contribution in [0.1, 0.15) is 49.9 Å². The van der Waals surface area contributed by atoms with Gasteiger partial charge in [-0.1, -0.05) is 23.7 Å². The maximum atomic E-state index is 13.8. The number of likely N-dealkylation sites (tertiary alicyclic amines) is 2. The molecule has 2 atom stereocenters. The van der Waals surface area contributed by atoms with E-state index in [2.05, 4.69) is 23.6 Å². The number of hydrogen-bond donors (Lipinski definition) is 1. The van der Waals surface area contributed by atoms with Crippen LogP contribution in [0.4, 0.5) is 5.82 Å². The van der Waals surface area contributed by atoms with Gasteiger partial charge in [0.2, 0.25) is 0 Å². The Bertz CT molecular complexity index is 1060. The molecule has 0 saturated carbocycles. The fourth-order valence-corrected chi connectivity index (χ4v) is 6.06. The Morgan fingerprint density at radius 3 is 2.36 bits per heavy atom. The van der Waals surface area contributed by atoms with Gasteiger partial charge in [-0.3, -0.25) is 4.79 Å².